The Morgan fingerprint density at radius 3 is 2.19 bits per heavy atom. The van der Waals surface area contributed by atoms with Gasteiger partial charge in [0.15, 0.2) is 5.78 Å². The zero-order valence-electron chi connectivity index (χ0n) is 44.1. The number of allylic oxidation sites excluding steroid dienone is 2. The molecule has 3 aliphatic rings. The zero-order chi connectivity index (χ0) is 55.7. The first-order valence-electron chi connectivity index (χ1n) is 25.6. The van der Waals surface area contributed by atoms with Gasteiger partial charge < -0.3 is 62.0 Å². The molecule has 1 aromatic carbocycles. The van der Waals surface area contributed by atoms with Crippen LogP contribution in [-0.2, 0) is 68.6 Å². The third-order valence-corrected chi connectivity index (χ3v) is 13.7. The number of rotatable bonds is 13. The molecule has 0 bridgehead atoms. The van der Waals surface area contributed by atoms with Crippen LogP contribution >= 0.6 is 0 Å². The van der Waals surface area contributed by atoms with E-state index in [1.807, 2.05) is 6.92 Å². The summed E-state index contributed by atoms with van der Waals surface area (Å²) in [6.45, 7) is 10.1. The van der Waals surface area contributed by atoms with E-state index in [0.29, 0.717) is 31.2 Å². The van der Waals surface area contributed by atoms with Gasteiger partial charge in [-0.1, -0.05) is 76.1 Å². The number of primary amides is 1. The SMILES string of the molecule is C/C=C1/NC(=O)[C@@H]2CCCN2C(=O)[C@H](C)C(=O)[C@H](Cc2ccccc2)NC(=O)[C@H](COC)NC(=O)[C@H](NC(=O)/C(C)=C\CCC)[C@H](C)OC(=O)[C@@H]2C[C@@H](O)CN2C(=O)[C@H](CCC(N)=O)NC(=O)[C@H]([C@@H](C)CC)NC1=O. The Morgan fingerprint density at radius 2 is 1.56 bits per heavy atom. The molecule has 0 spiro atoms. The van der Waals surface area contributed by atoms with Crippen molar-refractivity contribution in [3.05, 3.63) is 59.3 Å². The predicted octanol–water partition coefficient (Wildman–Crippen LogP) is -0.519. The van der Waals surface area contributed by atoms with Crippen LogP contribution in [0.5, 0.6) is 0 Å². The summed E-state index contributed by atoms with van der Waals surface area (Å²) in [5, 5.41) is 26.5. The molecule has 1 aromatic rings. The molecule has 3 aliphatic heterocycles. The Hall–Kier alpha value is -7.01. The largest absolute Gasteiger partial charge is 0.458 e. The summed E-state index contributed by atoms with van der Waals surface area (Å²) in [6.07, 6.45) is 0.909. The van der Waals surface area contributed by atoms with Gasteiger partial charge in [0.05, 0.1) is 24.7 Å². The smallest absolute Gasteiger partial charge is 0.329 e. The number of unbranched alkanes of at least 4 members (excludes halogenated alkanes) is 1. The summed E-state index contributed by atoms with van der Waals surface area (Å²) in [4.78, 5) is 156. The number of benzene rings is 1. The average Bonchev–Trinajstić information content (AvgIpc) is 4.05. The van der Waals surface area contributed by atoms with Crippen molar-refractivity contribution < 1.29 is 67.3 Å². The van der Waals surface area contributed by atoms with Crippen molar-refractivity contribution in [3.63, 3.8) is 0 Å². The maximum atomic E-state index is 14.5. The van der Waals surface area contributed by atoms with E-state index >= 15 is 0 Å². The zero-order valence-corrected chi connectivity index (χ0v) is 44.1. The summed E-state index contributed by atoms with van der Waals surface area (Å²) >= 11 is 0. The van der Waals surface area contributed by atoms with Crippen LogP contribution in [0.1, 0.15) is 105 Å². The van der Waals surface area contributed by atoms with Crippen LogP contribution in [0.25, 0.3) is 0 Å². The lowest BCUT2D eigenvalue weighted by atomic mass is 9.93. The molecular weight excluding hydrogens is 975 g/mol. The number of esters is 1. The first-order valence-corrected chi connectivity index (χ1v) is 25.6. The quantitative estimate of drug-likeness (QED) is 0.0701. The van der Waals surface area contributed by atoms with Crippen molar-refractivity contribution in [2.24, 2.45) is 17.6 Å². The third kappa shape index (κ3) is 16.5. The van der Waals surface area contributed by atoms with Crippen LogP contribution in [0.3, 0.4) is 0 Å². The predicted molar refractivity (Wildman–Crippen MR) is 271 cm³/mol. The highest BCUT2D eigenvalue weighted by atomic mass is 16.5. The summed E-state index contributed by atoms with van der Waals surface area (Å²) in [6, 6.07) is -1.63. The molecule has 0 saturated carbocycles. The van der Waals surface area contributed by atoms with Crippen molar-refractivity contribution in [2.45, 2.75) is 161 Å². The molecule has 3 saturated heterocycles. The topological polar surface area (TPSA) is 331 Å². The van der Waals surface area contributed by atoms with Gasteiger partial charge in [0.25, 0.3) is 5.91 Å². The van der Waals surface area contributed by atoms with E-state index in [0.717, 1.165) is 4.90 Å². The normalized spacial score (nSPS) is 28.5. The highest BCUT2D eigenvalue weighted by molar-refractivity contribution is 6.07. The number of hydrogen-bond donors (Lipinski definition) is 8. The van der Waals surface area contributed by atoms with Gasteiger partial charge in [0.2, 0.25) is 47.3 Å². The van der Waals surface area contributed by atoms with Crippen molar-refractivity contribution in [2.75, 3.05) is 26.8 Å². The molecule has 3 heterocycles. The number of fused-ring (bicyclic) bond motifs is 2. The van der Waals surface area contributed by atoms with Crippen molar-refractivity contribution in [1.29, 1.82) is 0 Å². The maximum Gasteiger partial charge on any atom is 0.329 e. The summed E-state index contributed by atoms with van der Waals surface area (Å²) in [5.41, 5.74) is 6.00. The van der Waals surface area contributed by atoms with Gasteiger partial charge in [0.1, 0.15) is 48.1 Å². The molecule has 75 heavy (non-hydrogen) atoms. The second kappa shape index (κ2) is 28.6. The first-order chi connectivity index (χ1) is 35.6. The minimum Gasteiger partial charge on any atom is -0.458 e. The number of ketones is 1. The molecule has 0 unspecified atom stereocenters. The standard InChI is InChI=1S/C52H75N9O14/c1-9-12-17-29(5)44(65)59-42-31(7)75-52(73)39-25-33(62)26-61(39)51(72)35(21-22-40(53)63)55-48(69)41(28(4)10-2)58-45(66)34(11-3)54-47(68)38-20-16-23-60(38)50(71)30(6)43(64)36(24-32-18-14-13-15-19-32)56-46(67)37(27-74-8)57-49(42)70/h11,13-15,17-19,28,30-31,33,35-39,41-42,62H,9-10,12,16,20-27H2,1-8H3,(H2,53,63)(H,54,68)(H,55,69)(H,56,67)(H,57,70)(H,58,66)(H,59,65)/b29-17-,34-11+/t28-,30+,31-,33+,35-,36-,37-,38-,39-,41-,42+/m0/s1. The molecule has 11 atom stereocenters. The van der Waals surface area contributed by atoms with Crippen LogP contribution in [0, 0.1) is 11.8 Å². The number of amides is 9. The number of aliphatic hydroxyl groups is 1. The first kappa shape index (κ1) is 60.5. The van der Waals surface area contributed by atoms with E-state index in [9.17, 15) is 57.8 Å². The number of nitrogens with zero attached hydrogens (tertiary/aromatic N) is 2. The highest BCUT2D eigenvalue weighted by Crippen LogP contribution is 2.25. The van der Waals surface area contributed by atoms with Crippen molar-refractivity contribution in [1.82, 2.24) is 41.7 Å². The number of methoxy groups -OCH3 is 1. The number of nitrogens with two attached hydrogens (primary N) is 1. The number of carbonyl (C=O) groups is 11. The number of nitrogens with one attached hydrogen (secondary N) is 6. The fourth-order valence-electron chi connectivity index (χ4n) is 9.05. The van der Waals surface area contributed by atoms with Gasteiger partial charge in [0, 0.05) is 38.6 Å². The van der Waals surface area contributed by atoms with Gasteiger partial charge >= 0.3 is 5.97 Å². The Labute approximate surface area is 437 Å². The molecule has 9 amide bonds. The van der Waals surface area contributed by atoms with Crippen LogP contribution in [0.15, 0.2) is 53.8 Å². The van der Waals surface area contributed by atoms with E-state index in [4.69, 9.17) is 15.2 Å². The van der Waals surface area contributed by atoms with Crippen LogP contribution in [0.2, 0.25) is 0 Å². The Balaban J connectivity index is 1.85. The second-order valence-corrected chi connectivity index (χ2v) is 19.3. The van der Waals surface area contributed by atoms with Gasteiger partial charge in [-0.2, -0.15) is 0 Å². The van der Waals surface area contributed by atoms with Gasteiger partial charge in [-0.05, 0) is 71.3 Å². The summed E-state index contributed by atoms with van der Waals surface area (Å²) in [7, 11) is 1.25. The minimum absolute atomic E-state index is 0.0754. The number of Topliss-reactive ketones (excluding diaryl/α,β-unsaturated/α-hetero) is 1. The minimum atomic E-state index is -1.72. The summed E-state index contributed by atoms with van der Waals surface area (Å²) < 4.78 is 11.1. The maximum absolute atomic E-state index is 14.5. The number of aliphatic hydroxyl groups excluding tert-OH is 1. The summed E-state index contributed by atoms with van der Waals surface area (Å²) in [5.74, 6) is -11.6. The molecule has 3 fully saturated rings. The fraction of sp³-hybridized carbons (Fsp3) is 0.596. The molecule has 0 aromatic heterocycles. The van der Waals surface area contributed by atoms with E-state index in [1.165, 1.54) is 45.8 Å². The molecule has 23 heteroatoms. The number of cyclic esters (lactones) is 1. The monoisotopic (exact) mass is 1050 g/mol. The van der Waals surface area contributed by atoms with E-state index in [1.54, 1.807) is 50.3 Å². The molecule has 0 aliphatic carbocycles. The lowest BCUT2D eigenvalue weighted by Gasteiger charge is -2.32. The number of ether oxygens (including phenoxy) is 2. The third-order valence-electron chi connectivity index (χ3n) is 13.7. The highest BCUT2D eigenvalue weighted by Gasteiger charge is 2.46. The lowest BCUT2D eigenvalue weighted by molar-refractivity contribution is -0.160. The molecule has 412 valence electrons. The Kier molecular flexibility index (Phi) is 23.1. The number of hydrogen-bond acceptors (Lipinski definition) is 14. The van der Waals surface area contributed by atoms with Crippen LogP contribution in [0.4, 0.5) is 0 Å². The molecule has 4 rings (SSSR count). The number of carbonyl (C=O) groups excluding carboxylic acids is 11. The molecule has 0 radical (unpaired) electrons. The van der Waals surface area contributed by atoms with E-state index < -0.39 is 151 Å². The Morgan fingerprint density at radius 1 is 0.893 bits per heavy atom. The average molecular weight is 1050 g/mol. The van der Waals surface area contributed by atoms with Crippen LogP contribution in [-0.4, -0.2) is 161 Å². The Bertz CT molecular complexity index is 2340. The second-order valence-electron chi connectivity index (χ2n) is 19.3. The van der Waals surface area contributed by atoms with E-state index in [2.05, 4.69) is 31.9 Å². The van der Waals surface area contributed by atoms with Gasteiger partial charge in [-0.15, -0.1) is 0 Å². The fourth-order valence-corrected chi connectivity index (χ4v) is 9.05. The lowest BCUT2D eigenvalue weighted by Crippen LogP contribution is -2.61. The van der Waals surface area contributed by atoms with Crippen molar-refractivity contribution in [3.8, 4) is 0 Å². The van der Waals surface area contributed by atoms with E-state index in [-0.39, 0.29) is 43.5 Å². The van der Waals surface area contributed by atoms with Gasteiger partial charge in [-0.25, -0.2) is 4.79 Å². The van der Waals surface area contributed by atoms with Crippen LogP contribution < -0.4 is 37.6 Å². The molecule has 23 nitrogen and oxygen atoms in total. The molecular formula is C52H75N9O14. The molecule has 9 N–H and O–H groups in total. The van der Waals surface area contributed by atoms with Gasteiger partial charge in [-0.3, -0.25) is 47.9 Å². The van der Waals surface area contributed by atoms with Crippen molar-refractivity contribution >= 4 is 64.9 Å².